The lowest BCUT2D eigenvalue weighted by molar-refractivity contribution is -0.327. The van der Waals surface area contributed by atoms with Crippen LogP contribution in [0.5, 0.6) is 0 Å². The van der Waals surface area contributed by atoms with Crippen molar-refractivity contribution in [3.63, 3.8) is 0 Å². The van der Waals surface area contributed by atoms with Crippen molar-refractivity contribution >= 4 is 13.8 Å². The van der Waals surface area contributed by atoms with Crippen LogP contribution in [0.25, 0.3) is 0 Å². The van der Waals surface area contributed by atoms with E-state index in [9.17, 15) is 24.7 Å². The van der Waals surface area contributed by atoms with Crippen LogP contribution < -0.4 is 0 Å². The molecule has 1 rings (SSSR count). The molecule has 0 aromatic rings. The molecule has 11 heteroatoms. The second kappa shape index (κ2) is 5.19. The van der Waals surface area contributed by atoms with Gasteiger partial charge in [-0.2, -0.15) is 0 Å². The maximum atomic E-state index is 10.7. The number of phosphoric acid groups is 1. The summed E-state index contributed by atoms with van der Waals surface area (Å²) < 4.78 is 19.0. The maximum absolute atomic E-state index is 10.7. The predicted molar refractivity (Wildman–Crippen MR) is 52.1 cm³/mol. The van der Waals surface area contributed by atoms with E-state index < -0.39 is 50.9 Å². The summed E-state index contributed by atoms with van der Waals surface area (Å²) in [5, 5.41) is 37.2. The Balaban J connectivity index is 2.81. The molecule has 4 atom stereocenters. The van der Waals surface area contributed by atoms with E-state index in [1.807, 2.05) is 0 Å². The predicted octanol–water partition coefficient (Wildman–Crippen LogP) is -2.62. The molecule has 10 nitrogen and oxygen atoms in total. The number of aliphatic carboxylic acids is 1. The molecule has 2 unspecified atom stereocenters. The molecule has 1 heterocycles. The zero-order valence-electron chi connectivity index (χ0n) is 8.91. The lowest BCUT2D eigenvalue weighted by Crippen LogP contribution is -2.61. The molecule has 6 N–H and O–H groups in total. The first-order chi connectivity index (χ1) is 8.05. The van der Waals surface area contributed by atoms with Crippen LogP contribution >= 0.6 is 7.82 Å². The van der Waals surface area contributed by atoms with E-state index in [1.54, 1.807) is 0 Å². The lowest BCUT2D eigenvalue weighted by atomic mass is 9.95. The van der Waals surface area contributed by atoms with Gasteiger partial charge in [-0.25, -0.2) is 9.36 Å². The second-order valence-corrected chi connectivity index (χ2v) is 5.04. The molecule has 0 aliphatic carbocycles. The smallest absolute Gasteiger partial charge is 0.469 e. The van der Waals surface area contributed by atoms with E-state index in [0.717, 1.165) is 0 Å². The molecule has 0 radical (unpaired) electrons. The van der Waals surface area contributed by atoms with Gasteiger partial charge in [-0.1, -0.05) is 0 Å². The molecule has 0 saturated carbocycles. The summed E-state index contributed by atoms with van der Waals surface area (Å²) in [6.45, 7) is -1.20. The Labute approximate surface area is 101 Å². The van der Waals surface area contributed by atoms with Gasteiger partial charge in [0.15, 0.2) is 6.10 Å². The minimum atomic E-state index is -4.94. The van der Waals surface area contributed by atoms with Gasteiger partial charge in [-0.15, -0.1) is 0 Å². The highest BCUT2D eigenvalue weighted by molar-refractivity contribution is 7.46. The number of hydrogen-bond donors (Lipinski definition) is 6. The highest BCUT2D eigenvalue weighted by Gasteiger charge is 2.51. The minimum Gasteiger partial charge on any atom is -0.479 e. The molecule has 1 fully saturated rings. The zero-order valence-corrected chi connectivity index (χ0v) is 9.80. The number of carboxylic acids is 1. The quantitative estimate of drug-likeness (QED) is 0.300. The third kappa shape index (κ3) is 3.70. The Morgan fingerprint density at radius 1 is 1.44 bits per heavy atom. The van der Waals surface area contributed by atoms with Gasteiger partial charge in [0, 0.05) is 6.42 Å². The number of aliphatic hydroxyl groups excluding tert-OH is 2. The molecule has 1 aliphatic heterocycles. The van der Waals surface area contributed by atoms with E-state index in [1.165, 1.54) is 0 Å². The Bertz CT molecular complexity index is 365. The Morgan fingerprint density at radius 3 is 2.44 bits per heavy atom. The van der Waals surface area contributed by atoms with Crippen LogP contribution in [0, 0.1) is 0 Å². The van der Waals surface area contributed by atoms with Gasteiger partial charge in [0.2, 0.25) is 5.79 Å². The summed E-state index contributed by atoms with van der Waals surface area (Å²) in [7, 11) is -4.94. The molecule has 0 aromatic heterocycles. The van der Waals surface area contributed by atoms with Gasteiger partial charge in [0.05, 0.1) is 6.10 Å². The van der Waals surface area contributed by atoms with Crippen LogP contribution in [0.4, 0.5) is 0 Å². The van der Waals surface area contributed by atoms with Gasteiger partial charge in [0.25, 0.3) is 0 Å². The summed E-state index contributed by atoms with van der Waals surface area (Å²) in [6, 6.07) is 0. The fourth-order valence-corrected chi connectivity index (χ4v) is 1.81. The first-order valence-electron chi connectivity index (χ1n) is 4.74. The van der Waals surface area contributed by atoms with Crippen molar-refractivity contribution in [2.45, 2.75) is 30.5 Å². The molecule has 0 spiro atoms. The standard InChI is InChI=1S/C7H13O10P/c8-3-1-4(6(10)11)17-7(12,5(3)9)2-16-18(13,14)15/h3-5,8-9,12H,1-2H2,(H,10,11)(H2,13,14,15)/t3-,4?,5+,7?/m1/s1. The van der Waals surface area contributed by atoms with Crippen molar-refractivity contribution < 1.29 is 48.8 Å². The zero-order chi connectivity index (χ0) is 14.1. The number of carboxylic acid groups (broad SMARTS) is 1. The summed E-state index contributed by atoms with van der Waals surface area (Å²) in [6.07, 6.45) is -5.70. The van der Waals surface area contributed by atoms with E-state index in [2.05, 4.69) is 9.26 Å². The number of hydrogen-bond acceptors (Lipinski definition) is 7. The third-order valence-corrected chi connectivity index (χ3v) is 2.81. The van der Waals surface area contributed by atoms with Crippen LogP contribution in [0.1, 0.15) is 6.42 Å². The number of aliphatic hydroxyl groups is 3. The SMILES string of the molecule is O=C(O)C1C[C@@H](O)[C@H](O)C(O)(COP(=O)(O)O)O1. The molecule has 106 valence electrons. The van der Waals surface area contributed by atoms with Gasteiger partial charge < -0.3 is 34.9 Å². The monoisotopic (exact) mass is 288 g/mol. The van der Waals surface area contributed by atoms with E-state index >= 15 is 0 Å². The highest BCUT2D eigenvalue weighted by Crippen LogP contribution is 2.39. The summed E-state index contributed by atoms with van der Waals surface area (Å²) >= 11 is 0. The fraction of sp³-hybridized carbons (Fsp3) is 0.857. The first kappa shape index (κ1) is 15.5. The van der Waals surface area contributed by atoms with Crippen LogP contribution in [0.2, 0.25) is 0 Å². The van der Waals surface area contributed by atoms with E-state index in [4.69, 9.17) is 14.9 Å². The molecule has 18 heavy (non-hydrogen) atoms. The normalized spacial score (nSPS) is 37.5. The molecular weight excluding hydrogens is 275 g/mol. The minimum absolute atomic E-state index is 0.477. The van der Waals surface area contributed by atoms with Crippen molar-refractivity contribution in [3.05, 3.63) is 0 Å². The Morgan fingerprint density at radius 2 is 2.00 bits per heavy atom. The van der Waals surface area contributed by atoms with Crippen LogP contribution in [0.3, 0.4) is 0 Å². The van der Waals surface area contributed by atoms with Crippen molar-refractivity contribution in [3.8, 4) is 0 Å². The van der Waals surface area contributed by atoms with Gasteiger partial charge in [-0.05, 0) is 0 Å². The Hall–Kier alpha value is -0.580. The number of carbonyl (C=O) groups is 1. The highest BCUT2D eigenvalue weighted by atomic mass is 31.2. The molecular formula is C7H13O10P. The first-order valence-corrected chi connectivity index (χ1v) is 6.27. The second-order valence-electron chi connectivity index (χ2n) is 3.80. The van der Waals surface area contributed by atoms with Crippen LogP contribution in [0.15, 0.2) is 0 Å². The molecule has 0 amide bonds. The number of phosphoric ester groups is 1. The van der Waals surface area contributed by atoms with Crippen LogP contribution in [-0.2, 0) is 18.6 Å². The van der Waals surface area contributed by atoms with E-state index in [0.29, 0.717) is 0 Å². The molecule has 1 aliphatic rings. The van der Waals surface area contributed by atoms with Gasteiger partial charge >= 0.3 is 13.8 Å². The summed E-state index contributed by atoms with van der Waals surface area (Å²) in [5.41, 5.74) is 0. The average Bonchev–Trinajstić information content (AvgIpc) is 2.22. The van der Waals surface area contributed by atoms with E-state index in [-0.39, 0.29) is 0 Å². The molecule has 1 saturated heterocycles. The fourth-order valence-electron chi connectivity index (χ4n) is 1.46. The maximum Gasteiger partial charge on any atom is 0.469 e. The summed E-state index contributed by atoms with van der Waals surface area (Å²) in [5.74, 6) is -4.22. The van der Waals surface area contributed by atoms with Crippen molar-refractivity contribution in [1.29, 1.82) is 0 Å². The van der Waals surface area contributed by atoms with Gasteiger partial charge in [0.1, 0.15) is 12.7 Å². The molecule has 0 aromatic carbocycles. The van der Waals surface area contributed by atoms with Crippen molar-refractivity contribution in [1.82, 2.24) is 0 Å². The third-order valence-electron chi connectivity index (χ3n) is 2.34. The number of ether oxygens (including phenoxy) is 1. The van der Waals surface area contributed by atoms with Crippen LogP contribution in [-0.4, -0.2) is 66.9 Å². The van der Waals surface area contributed by atoms with Crippen molar-refractivity contribution in [2.75, 3.05) is 6.61 Å². The topological polar surface area (TPSA) is 174 Å². The largest absolute Gasteiger partial charge is 0.479 e. The van der Waals surface area contributed by atoms with Gasteiger partial charge in [-0.3, -0.25) is 4.52 Å². The van der Waals surface area contributed by atoms with Crippen molar-refractivity contribution in [2.24, 2.45) is 0 Å². The lowest BCUT2D eigenvalue weighted by Gasteiger charge is -2.41. The molecule has 0 bridgehead atoms. The Kier molecular flexibility index (Phi) is 4.47. The number of rotatable bonds is 4. The summed E-state index contributed by atoms with van der Waals surface area (Å²) in [4.78, 5) is 27.6. The average molecular weight is 288 g/mol.